The van der Waals surface area contributed by atoms with E-state index in [0.717, 1.165) is 17.5 Å². The predicted molar refractivity (Wildman–Crippen MR) is 80.1 cm³/mol. The second-order valence-corrected chi connectivity index (χ2v) is 7.02. The van der Waals surface area contributed by atoms with Gasteiger partial charge in [-0.25, -0.2) is 0 Å². The van der Waals surface area contributed by atoms with Gasteiger partial charge < -0.3 is 0 Å². The van der Waals surface area contributed by atoms with Gasteiger partial charge in [0, 0.05) is 17.6 Å². The Kier molecular flexibility index (Phi) is 4.88. The first-order valence-electron chi connectivity index (χ1n) is 7.23. The molecule has 1 saturated carbocycles. The predicted octanol–water partition coefficient (Wildman–Crippen LogP) is 4.25. The molecular formula is C15H25BrN2. The van der Waals surface area contributed by atoms with Crippen molar-refractivity contribution in [3.8, 4) is 0 Å². The quantitative estimate of drug-likeness (QED) is 0.760. The Bertz CT molecular complexity index is 386. The molecule has 3 unspecified atom stereocenters. The summed E-state index contributed by atoms with van der Waals surface area (Å²) in [4.78, 5) is 0.695. The number of hydrogen-bond acceptors (Lipinski definition) is 1. The minimum Gasteiger partial charge on any atom is -0.272 e. The average Bonchev–Trinajstić information content (AvgIpc) is 2.62. The zero-order valence-corrected chi connectivity index (χ0v) is 13.4. The highest BCUT2D eigenvalue weighted by molar-refractivity contribution is 9.09. The van der Waals surface area contributed by atoms with Crippen LogP contribution < -0.4 is 0 Å². The highest BCUT2D eigenvalue weighted by Gasteiger charge is 2.29. The molecule has 0 amide bonds. The lowest BCUT2D eigenvalue weighted by atomic mass is 9.77. The Morgan fingerprint density at radius 1 is 1.44 bits per heavy atom. The molecule has 1 aromatic rings. The van der Waals surface area contributed by atoms with Crippen LogP contribution in [0.25, 0.3) is 0 Å². The zero-order chi connectivity index (χ0) is 13.1. The lowest BCUT2D eigenvalue weighted by Gasteiger charge is -2.33. The van der Waals surface area contributed by atoms with E-state index in [0.29, 0.717) is 4.83 Å². The smallest absolute Gasteiger partial charge is 0.0596 e. The highest BCUT2D eigenvalue weighted by atomic mass is 79.9. The van der Waals surface area contributed by atoms with Crippen LogP contribution >= 0.6 is 15.9 Å². The first kappa shape index (κ1) is 14.1. The van der Waals surface area contributed by atoms with Gasteiger partial charge in [0.25, 0.3) is 0 Å². The molecule has 1 heterocycles. The van der Waals surface area contributed by atoms with Gasteiger partial charge in [-0.05, 0) is 50.5 Å². The van der Waals surface area contributed by atoms with E-state index in [1.165, 1.54) is 44.2 Å². The molecule has 3 heteroatoms. The van der Waals surface area contributed by atoms with E-state index in [2.05, 4.69) is 52.7 Å². The molecular weight excluding hydrogens is 288 g/mol. The van der Waals surface area contributed by atoms with Crippen molar-refractivity contribution < 1.29 is 0 Å². The average molecular weight is 313 g/mol. The van der Waals surface area contributed by atoms with Crippen LogP contribution in [-0.2, 0) is 13.5 Å². The van der Waals surface area contributed by atoms with Crippen molar-refractivity contribution in [3.05, 3.63) is 17.5 Å². The van der Waals surface area contributed by atoms with Crippen LogP contribution in [0.5, 0.6) is 0 Å². The fourth-order valence-electron chi connectivity index (χ4n) is 3.33. The summed E-state index contributed by atoms with van der Waals surface area (Å²) >= 11 is 3.89. The number of nitrogens with zero attached hydrogens (tertiary/aromatic N) is 2. The van der Waals surface area contributed by atoms with E-state index in [9.17, 15) is 0 Å². The summed E-state index contributed by atoms with van der Waals surface area (Å²) in [7, 11) is 2.07. The second-order valence-electron chi connectivity index (χ2n) is 5.85. The first-order chi connectivity index (χ1) is 8.60. The van der Waals surface area contributed by atoms with Crippen LogP contribution in [-0.4, -0.2) is 14.6 Å². The van der Waals surface area contributed by atoms with Crippen molar-refractivity contribution in [2.75, 3.05) is 0 Å². The van der Waals surface area contributed by atoms with Crippen LogP contribution in [0.4, 0.5) is 0 Å². The van der Waals surface area contributed by atoms with Crippen molar-refractivity contribution in [1.82, 2.24) is 9.78 Å². The molecule has 2 nitrogen and oxygen atoms in total. The second kappa shape index (κ2) is 6.23. The summed E-state index contributed by atoms with van der Waals surface area (Å²) < 4.78 is 2.05. The highest BCUT2D eigenvalue weighted by Crippen LogP contribution is 2.37. The summed E-state index contributed by atoms with van der Waals surface area (Å²) in [5, 5.41) is 4.46. The van der Waals surface area contributed by atoms with Gasteiger partial charge in [0.15, 0.2) is 0 Å². The molecule has 0 bridgehead atoms. The molecule has 1 aliphatic carbocycles. The molecule has 0 radical (unpaired) electrons. The Morgan fingerprint density at radius 2 is 2.22 bits per heavy atom. The third-order valence-electron chi connectivity index (χ3n) is 4.27. The molecule has 102 valence electrons. The van der Waals surface area contributed by atoms with Crippen molar-refractivity contribution in [1.29, 1.82) is 0 Å². The van der Waals surface area contributed by atoms with Gasteiger partial charge in [-0.3, -0.25) is 4.68 Å². The molecule has 1 fully saturated rings. The van der Waals surface area contributed by atoms with E-state index in [1.807, 2.05) is 0 Å². The summed E-state index contributed by atoms with van der Waals surface area (Å²) in [6, 6.07) is 2.24. The van der Waals surface area contributed by atoms with E-state index in [4.69, 9.17) is 0 Å². The Balaban J connectivity index is 2.00. The molecule has 0 N–H and O–H groups in total. The maximum atomic E-state index is 4.46. The monoisotopic (exact) mass is 312 g/mol. The van der Waals surface area contributed by atoms with Crippen molar-refractivity contribution in [2.24, 2.45) is 18.9 Å². The largest absolute Gasteiger partial charge is 0.272 e. The molecule has 1 aromatic heterocycles. The topological polar surface area (TPSA) is 17.8 Å². The van der Waals surface area contributed by atoms with Gasteiger partial charge in [-0.15, -0.1) is 0 Å². The summed E-state index contributed by atoms with van der Waals surface area (Å²) in [6.07, 6.45) is 8.04. The van der Waals surface area contributed by atoms with Gasteiger partial charge in [0.2, 0.25) is 0 Å². The normalized spacial score (nSPS) is 28.6. The Morgan fingerprint density at radius 3 is 2.83 bits per heavy atom. The van der Waals surface area contributed by atoms with Gasteiger partial charge in [0.05, 0.1) is 5.69 Å². The van der Waals surface area contributed by atoms with Crippen molar-refractivity contribution >= 4 is 15.9 Å². The van der Waals surface area contributed by atoms with Crippen LogP contribution in [0.1, 0.15) is 50.4 Å². The number of rotatable bonds is 4. The number of hydrogen-bond donors (Lipinski definition) is 0. The fraction of sp³-hybridized carbons (Fsp3) is 0.800. The van der Waals surface area contributed by atoms with Crippen LogP contribution in [0.2, 0.25) is 0 Å². The van der Waals surface area contributed by atoms with E-state index >= 15 is 0 Å². The molecule has 18 heavy (non-hydrogen) atoms. The maximum absolute atomic E-state index is 4.46. The molecule has 0 spiro atoms. The Hall–Kier alpha value is -0.310. The fourth-order valence-corrected chi connectivity index (χ4v) is 4.00. The number of aromatic nitrogens is 2. The minimum absolute atomic E-state index is 0.695. The molecule has 0 aliphatic heterocycles. The third kappa shape index (κ3) is 3.37. The van der Waals surface area contributed by atoms with E-state index < -0.39 is 0 Å². The van der Waals surface area contributed by atoms with Gasteiger partial charge in [-0.1, -0.05) is 35.7 Å². The zero-order valence-electron chi connectivity index (χ0n) is 11.8. The third-order valence-corrected chi connectivity index (χ3v) is 5.47. The molecule has 0 aromatic carbocycles. The summed E-state index contributed by atoms with van der Waals surface area (Å²) in [5.41, 5.74) is 2.53. The summed E-state index contributed by atoms with van der Waals surface area (Å²) in [5.74, 6) is 1.73. The van der Waals surface area contributed by atoms with Gasteiger partial charge >= 0.3 is 0 Å². The maximum Gasteiger partial charge on any atom is 0.0596 e. The molecule has 3 atom stereocenters. The van der Waals surface area contributed by atoms with Crippen LogP contribution in [0.3, 0.4) is 0 Å². The Labute approximate surface area is 119 Å². The number of aryl methyl sites for hydroxylation is 2. The molecule has 0 saturated heterocycles. The van der Waals surface area contributed by atoms with E-state index in [-0.39, 0.29) is 0 Å². The summed E-state index contributed by atoms with van der Waals surface area (Å²) in [6.45, 7) is 4.38. The standard InChI is InChI=1S/C15H25BrN2/c1-4-5-12-6-7-15(16)13(9-12)10-14-8-11(2)17-18(14)3/h8,12-13,15H,4-7,9-10H2,1-3H3. The van der Waals surface area contributed by atoms with Gasteiger partial charge in [0.1, 0.15) is 0 Å². The van der Waals surface area contributed by atoms with E-state index in [1.54, 1.807) is 0 Å². The van der Waals surface area contributed by atoms with Crippen LogP contribution in [0, 0.1) is 18.8 Å². The minimum atomic E-state index is 0.695. The lowest BCUT2D eigenvalue weighted by Crippen LogP contribution is -2.27. The SMILES string of the molecule is CCCC1CCC(Br)C(Cc2cc(C)nn2C)C1. The van der Waals surface area contributed by atoms with Gasteiger partial charge in [-0.2, -0.15) is 5.10 Å². The number of alkyl halides is 1. The number of halogens is 1. The first-order valence-corrected chi connectivity index (χ1v) is 8.15. The van der Waals surface area contributed by atoms with Crippen molar-refractivity contribution in [2.45, 2.75) is 57.2 Å². The lowest BCUT2D eigenvalue weighted by molar-refractivity contribution is 0.260. The van der Waals surface area contributed by atoms with Crippen LogP contribution in [0.15, 0.2) is 6.07 Å². The molecule has 2 rings (SSSR count). The van der Waals surface area contributed by atoms with Crippen molar-refractivity contribution in [3.63, 3.8) is 0 Å². The molecule has 1 aliphatic rings.